The number of nitrogens with one attached hydrogen (secondary N) is 1. The lowest BCUT2D eigenvalue weighted by Crippen LogP contribution is -2.54. The van der Waals surface area contributed by atoms with Gasteiger partial charge in [0.2, 0.25) is 0 Å². The topological polar surface area (TPSA) is 125 Å². The molecule has 0 radical (unpaired) electrons. The molecule has 0 spiro atoms. The summed E-state index contributed by atoms with van der Waals surface area (Å²) in [6.45, 7) is 1.83. The van der Waals surface area contributed by atoms with Crippen molar-refractivity contribution in [2.45, 2.75) is 24.1 Å². The van der Waals surface area contributed by atoms with Gasteiger partial charge in [0.05, 0.1) is 27.1 Å². The number of amidine groups is 1. The highest BCUT2D eigenvalue weighted by atomic mass is 35.5. The van der Waals surface area contributed by atoms with Crippen LogP contribution in [0.3, 0.4) is 0 Å². The molecule has 0 fully saturated rings. The number of thioether (sulfide) groups is 1. The van der Waals surface area contributed by atoms with E-state index in [0.29, 0.717) is 16.3 Å². The van der Waals surface area contributed by atoms with Gasteiger partial charge in [0.25, 0.3) is 10.1 Å². The van der Waals surface area contributed by atoms with Gasteiger partial charge < -0.3 is 10.0 Å². The minimum Gasteiger partial charge on any atom is -0.512 e. The number of aliphatic hydroxyl groups excluding tert-OH is 1. The summed E-state index contributed by atoms with van der Waals surface area (Å²) in [5.74, 6) is -0.360. The Morgan fingerprint density at radius 2 is 2.10 bits per heavy atom. The van der Waals surface area contributed by atoms with Crippen LogP contribution < -0.4 is 4.90 Å². The summed E-state index contributed by atoms with van der Waals surface area (Å²) in [7, 11) is -4.13. The number of nitrogens with zero attached hydrogens (tertiary/aromatic N) is 2. The van der Waals surface area contributed by atoms with Crippen LogP contribution in [0.2, 0.25) is 10.0 Å². The van der Waals surface area contributed by atoms with Crippen LogP contribution in [0.5, 0.6) is 0 Å². The van der Waals surface area contributed by atoms with E-state index >= 15 is 0 Å². The average molecular weight is 474 g/mol. The Balaban J connectivity index is 2.10. The van der Waals surface area contributed by atoms with Crippen molar-refractivity contribution in [3.8, 4) is 6.07 Å². The molecule has 0 aromatic heterocycles. The molecule has 154 valence electrons. The quantitative estimate of drug-likeness (QED) is 0.546. The number of aliphatic hydroxyl groups is 1. The number of nitriles is 1. The molecule has 0 amide bonds. The lowest BCUT2D eigenvalue weighted by molar-refractivity contribution is 0.356. The number of allylic oxidation sites excluding steroid dienone is 1. The first-order chi connectivity index (χ1) is 13.5. The van der Waals surface area contributed by atoms with Gasteiger partial charge >= 0.3 is 0 Å². The molecule has 0 bridgehead atoms. The van der Waals surface area contributed by atoms with E-state index in [4.69, 9.17) is 33.2 Å². The van der Waals surface area contributed by atoms with Crippen LogP contribution in [0.1, 0.15) is 13.3 Å². The number of hydrogen-bond acceptors (Lipinski definition) is 6. The summed E-state index contributed by atoms with van der Waals surface area (Å²) in [6, 6.07) is 6.91. The van der Waals surface area contributed by atoms with Crippen LogP contribution in [-0.4, -0.2) is 46.2 Å². The molecule has 0 unspecified atom stereocenters. The minimum absolute atomic E-state index is 0.0402. The summed E-state index contributed by atoms with van der Waals surface area (Å²) in [5, 5.41) is 28.7. The number of fused-ring (bicyclic) bond motifs is 1. The van der Waals surface area contributed by atoms with E-state index in [1.807, 2.05) is 13.0 Å². The molecule has 1 aromatic carbocycles. The third kappa shape index (κ3) is 4.00. The first-order valence-electron chi connectivity index (χ1n) is 8.44. The fourth-order valence-corrected chi connectivity index (χ4v) is 6.30. The van der Waals surface area contributed by atoms with Crippen LogP contribution in [-0.2, 0) is 10.1 Å². The van der Waals surface area contributed by atoms with Crippen LogP contribution in [0.4, 0.5) is 5.69 Å². The predicted octanol–water partition coefficient (Wildman–Crippen LogP) is 4.20. The largest absolute Gasteiger partial charge is 0.512 e. The van der Waals surface area contributed by atoms with Gasteiger partial charge in [-0.1, -0.05) is 23.2 Å². The van der Waals surface area contributed by atoms with E-state index in [1.54, 1.807) is 23.1 Å². The average Bonchev–Trinajstić information content (AvgIpc) is 2.83. The molecule has 2 aliphatic rings. The molecule has 2 atom stereocenters. The smallest absolute Gasteiger partial charge is 0.265 e. The Hall–Kier alpha value is -1.70. The zero-order chi connectivity index (χ0) is 21.6. The highest BCUT2D eigenvalue weighted by molar-refractivity contribution is 8.00. The first kappa shape index (κ1) is 22.0. The fourth-order valence-electron chi connectivity index (χ4n) is 3.65. The van der Waals surface area contributed by atoms with Gasteiger partial charge in [0.15, 0.2) is 0 Å². The molecule has 3 rings (SSSR count). The second-order valence-electron chi connectivity index (χ2n) is 6.82. The Morgan fingerprint density at radius 1 is 1.41 bits per heavy atom. The molecule has 0 saturated carbocycles. The zero-order valence-electron chi connectivity index (χ0n) is 15.2. The molecule has 1 aliphatic heterocycles. The van der Waals surface area contributed by atoms with E-state index in [2.05, 4.69) is 0 Å². The number of hydrogen-bond donors (Lipinski definition) is 3. The lowest BCUT2D eigenvalue weighted by atomic mass is 9.81. The van der Waals surface area contributed by atoms with E-state index in [-0.39, 0.29) is 34.4 Å². The van der Waals surface area contributed by atoms with E-state index in [0.717, 1.165) is 0 Å². The van der Waals surface area contributed by atoms with Crippen molar-refractivity contribution in [3.63, 3.8) is 0 Å². The molecule has 7 nitrogen and oxygen atoms in total. The minimum atomic E-state index is -4.13. The monoisotopic (exact) mass is 473 g/mol. The number of benzene rings is 1. The van der Waals surface area contributed by atoms with Crippen LogP contribution in [0.25, 0.3) is 0 Å². The summed E-state index contributed by atoms with van der Waals surface area (Å²) in [6.07, 6.45) is 1.70. The predicted molar refractivity (Wildman–Crippen MR) is 116 cm³/mol. The van der Waals surface area contributed by atoms with E-state index < -0.39 is 26.7 Å². The highest BCUT2D eigenvalue weighted by Crippen LogP contribution is 2.50. The highest BCUT2D eigenvalue weighted by Gasteiger charge is 2.53. The second kappa shape index (κ2) is 7.85. The summed E-state index contributed by atoms with van der Waals surface area (Å²) < 4.78 is 31.2. The van der Waals surface area contributed by atoms with Crippen molar-refractivity contribution >= 4 is 56.6 Å². The molecule has 3 N–H and O–H groups in total. The SMILES string of the molecule is C[C@@]12C(=C(C#N)C(=N)N1c1ccc(Cl)c(Cl)c1)C=C(O)C[C@H]2SCCS(=O)(=O)O. The van der Waals surface area contributed by atoms with Crippen LogP contribution in [0.15, 0.2) is 41.2 Å². The fraction of sp³-hybridized carbons (Fsp3) is 0.333. The second-order valence-corrected chi connectivity index (χ2v) is 10.5. The van der Waals surface area contributed by atoms with E-state index in [9.17, 15) is 18.8 Å². The Kier molecular flexibility index (Phi) is 5.96. The van der Waals surface area contributed by atoms with Gasteiger partial charge in [0, 0.05) is 28.7 Å². The number of rotatable bonds is 5. The van der Waals surface area contributed by atoms with Gasteiger partial charge in [-0.05, 0) is 31.2 Å². The van der Waals surface area contributed by atoms with Crippen molar-refractivity contribution < 1.29 is 18.1 Å². The Bertz CT molecular complexity index is 1090. The molecule has 0 saturated heterocycles. The number of anilines is 1. The van der Waals surface area contributed by atoms with E-state index in [1.165, 1.54) is 17.8 Å². The molecule has 1 aliphatic carbocycles. The third-order valence-electron chi connectivity index (χ3n) is 5.01. The maximum absolute atomic E-state index is 11.1. The standard InChI is InChI=1S/C18H17Cl2N3O4S2/c1-18-13(7-11(24)8-16(18)28-4-5-29(25,26)27)12(9-21)17(22)23(18)10-2-3-14(19)15(20)6-10/h2-3,6-7,16,22,24H,4-5,8H2,1H3,(H,25,26,27)/t16-,18+/m1/s1. The zero-order valence-corrected chi connectivity index (χ0v) is 18.3. The van der Waals surface area contributed by atoms with Crippen LogP contribution >= 0.6 is 35.0 Å². The van der Waals surface area contributed by atoms with Crippen LogP contribution in [0, 0.1) is 16.7 Å². The van der Waals surface area contributed by atoms with Gasteiger partial charge in [-0.25, -0.2) is 0 Å². The van der Waals surface area contributed by atoms with Crippen molar-refractivity contribution in [3.05, 3.63) is 51.2 Å². The van der Waals surface area contributed by atoms with Crippen molar-refractivity contribution in [1.29, 1.82) is 10.7 Å². The first-order valence-corrected chi connectivity index (χ1v) is 11.9. The maximum Gasteiger partial charge on any atom is 0.265 e. The third-order valence-corrected chi connectivity index (χ3v) is 8.19. The Morgan fingerprint density at radius 3 is 2.69 bits per heavy atom. The normalized spacial score (nSPS) is 24.4. The van der Waals surface area contributed by atoms with Gasteiger partial charge in [-0.2, -0.15) is 25.4 Å². The van der Waals surface area contributed by atoms with Gasteiger partial charge in [0.1, 0.15) is 17.5 Å². The van der Waals surface area contributed by atoms with Crippen molar-refractivity contribution in [1.82, 2.24) is 0 Å². The summed E-state index contributed by atoms with van der Waals surface area (Å²) in [5.41, 5.74) is 0.217. The van der Waals surface area contributed by atoms with Crippen molar-refractivity contribution in [2.75, 3.05) is 16.4 Å². The molecular formula is C18H17Cl2N3O4S2. The van der Waals surface area contributed by atoms with Crippen molar-refractivity contribution in [2.24, 2.45) is 0 Å². The molecule has 1 heterocycles. The summed E-state index contributed by atoms with van der Waals surface area (Å²) >= 11 is 13.4. The lowest BCUT2D eigenvalue weighted by Gasteiger charge is -2.45. The van der Waals surface area contributed by atoms with Gasteiger partial charge in [-0.15, -0.1) is 0 Å². The maximum atomic E-state index is 11.1. The molecule has 29 heavy (non-hydrogen) atoms. The summed E-state index contributed by atoms with van der Waals surface area (Å²) in [4.78, 5) is 1.65. The van der Waals surface area contributed by atoms with Gasteiger partial charge in [-0.3, -0.25) is 9.96 Å². The molecular weight excluding hydrogens is 457 g/mol. The Labute approximate surface area is 182 Å². The molecule has 1 aromatic rings. The molecule has 11 heteroatoms. The number of halogens is 2.